The minimum atomic E-state index is -1.02. The minimum absolute atomic E-state index is 0.128. The zero-order valence-electron chi connectivity index (χ0n) is 27.8. The van der Waals surface area contributed by atoms with Crippen molar-refractivity contribution in [3.8, 4) is 11.5 Å². The Kier molecular flexibility index (Phi) is 10.3. The Morgan fingerprint density at radius 2 is 1.79 bits per heavy atom. The van der Waals surface area contributed by atoms with Crippen LogP contribution >= 0.6 is 22.6 Å². The summed E-state index contributed by atoms with van der Waals surface area (Å²) in [6, 6.07) is 21.0. The number of para-hydroxylation sites is 1. The van der Waals surface area contributed by atoms with Crippen molar-refractivity contribution in [1.29, 1.82) is 0 Å². The lowest BCUT2D eigenvalue weighted by Gasteiger charge is -2.44. The van der Waals surface area contributed by atoms with Crippen molar-refractivity contribution in [3.05, 3.63) is 92.6 Å². The second kappa shape index (κ2) is 14.5. The van der Waals surface area contributed by atoms with Gasteiger partial charge in [0.25, 0.3) is 0 Å². The summed E-state index contributed by atoms with van der Waals surface area (Å²) in [6.07, 6.45) is 4.75. The van der Waals surface area contributed by atoms with Crippen molar-refractivity contribution >= 4 is 64.7 Å². The van der Waals surface area contributed by atoms with Crippen LogP contribution < -0.4 is 15.0 Å². The normalized spacial score (nSPS) is 22.7. The number of imide groups is 1. The maximum atomic E-state index is 14.2. The van der Waals surface area contributed by atoms with Crippen molar-refractivity contribution in [1.82, 2.24) is 0 Å². The zero-order valence-corrected chi connectivity index (χ0v) is 29.9. The van der Waals surface area contributed by atoms with E-state index in [1.807, 2.05) is 66.7 Å². The maximum absolute atomic E-state index is 14.2. The Balaban J connectivity index is 1.25. The van der Waals surface area contributed by atoms with Gasteiger partial charge in [0.15, 0.2) is 11.5 Å². The number of nitrogens with one attached hydrogen (secondary N) is 1. The predicted molar refractivity (Wildman–Crippen MR) is 198 cm³/mol. The summed E-state index contributed by atoms with van der Waals surface area (Å²) in [7, 11) is 0.520. The van der Waals surface area contributed by atoms with Crippen molar-refractivity contribution in [2.24, 2.45) is 23.7 Å². The smallest absolute Gasteiger partial charge is 0.455 e. The number of hydrogen-bond donors (Lipinski definition) is 3. The van der Waals surface area contributed by atoms with Gasteiger partial charge in [-0.05, 0) is 126 Å². The van der Waals surface area contributed by atoms with Gasteiger partial charge in [0, 0.05) is 11.4 Å². The summed E-state index contributed by atoms with van der Waals surface area (Å²) in [5.41, 5.74) is 6.78. The van der Waals surface area contributed by atoms with Crippen LogP contribution in [0.1, 0.15) is 52.0 Å². The molecule has 0 aromatic heterocycles. The van der Waals surface area contributed by atoms with Gasteiger partial charge >= 0.3 is 7.12 Å². The highest BCUT2D eigenvalue weighted by molar-refractivity contribution is 14.1. The van der Waals surface area contributed by atoms with Gasteiger partial charge in [-0.2, -0.15) is 0 Å². The van der Waals surface area contributed by atoms with Crippen LogP contribution in [0.4, 0.5) is 17.1 Å². The fourth-order valence-corrected chi connectivity index (χ4v) is 8.25. The average Bonchev–Trinajstić information content (AvgIpc) is 3.33. The number of nitrogens with zero attached hydrogens (tertiary/aromatic N) is 1. The number of hydrogen-bond acceptors (Lipinski definition) is 7. The van der Waals surface area contributed by atoms with Gasteiger partial charge in [-0.15, -0.1) is 0 Å². The van der Waals surface area contributed by atoms with E-state index in [-0.39, 0.29) is 41.8 Å². The van der Waals surface area contributed by atoms with E-state index < -0.39 is 19.0 Å². The molecule has 3 aromatic rings. The van der Waals surface area contributed by atoms with Crippen LogP contribution in [-0.2, 0) is 14.2 Å². The third kappa shape index (κ3) is 6.80. The molecular formula is C38H42BIN2O6. The highest BCUT2D eigenvalue weighted by atomic mass is 127. The van der Waals surface area contributed by atoms with E-state index in [0.29, 0.717) is 27.8 Å². The van der Waals surface area contributed by atoms with E-state index in [4.69, 9.17) is 9.39 Å². The van der Waals surface area contributed by atoms with Crippen LogP contribution in [0.3, 0.4) is 0 Å². The molecule has 3 N–H and O–H groups in total. The number of benzene rings is 3. The number of methoxy groups -OCH3 is 1. The third-order valence-corrected chi connectivity index (χ3v) is 10.8. The Labute approximate surface area is 296 Å². The number of ether oxygens (including phenoxy) is 1. The fraction of sp³-hybridized carbons (Fsp3) is 0.368. The first-order valence-corrected chi connectivity index (χ1v) is 17.8. The first-order chi connectivity index (χ1) is 23.1. The molecular weight excluding hydrogens is 718 g/mol. The number of phenols is 1. The topological polar surface area (TPSA) is 108 Å². The van der Waals surface area contributed by atoms with E-state index in [9.17, 15) is 19.7 Å². The molecule has 48 heavy (non-hydrogen) atoms. The highest BCUT2D eigenvalue weighted by Gasteiger charge is 2.57. The average molecular weight is 760 g/mol. The molecule has 0 saturated carbocycles. The molecule has 250 valence electrons. The van der Waals surface area contributed by atoms with E-state index in [1.165, 1.54) is 16.0 Å². The number of halogens is 1. The summed E-state index contributed by atoms with van der Waals surface area (Å²) in [5, 5.41) is 24.6. The molecule has 10 heteroatoms. The lowest BCUT2D eigenvalue weighted by molar-refractivity contribution is -0.122. The fourth-order valence-electron chi connectivity index (χ4n) is 7.62. The Morgan fingerprint density at radius 3 is 2.46 bits per heavy atom. The first-order valence-electron chi connectivity index (χ1n) is 16.7. The number of phenolic OH excluding ortho intramolecular Hbond substituents is 1. The molecule has 2 saturated heterocycles. The number of carbonyl (C=O) groups is 2. The van der Waals surface area contributed by atoms with Gasteiger partial charge in [-0.1, -0.05) is 56.2 Å². The zero-order chi connectivity index (χ0) is 34.1. The first kappa shape index (κ1) is 34.3. The van der Waals surface area contributed by atoms with Crippen LogP contribution in [0.2, 0.25) is 6.32 Å². The van der Waals surface area contributed by atoms with Crippen molar-refractivity contribution in [2.75, 3.05) is 17.3 Å². The molecule has 2 fully saturated rings. The number of rotatable bonds is 10. The van der Waals surface area contributed by atoms with E-state index in [2.05, 4.69) is 54.8 Å². The van der Waals surface area contributed by atoms with Gasteiger partial charge in [0.1, 0.15) is 0 Å². The summed E-state index contributed by atoms with van der Waals surface area (Å²) in [4.78, 5) is 29.6. The highest BCUT2D eigenvalue weighted by Crippen LogP contribution is 2.52. The standard InChI is InChI=1S/C38H42BIN2O6/c1-5-23(17-24-18-31(40)36(43)33(19-24)47-4)11-16-32-34-28(22(2)3)20-29-35(30(34)21-39(46)48-32)38(45)42(37(29)44)27-14-12-26(13-15-27)41-25-9-7-6-8-10-25/h6-10,12-15,17-19,22,29-30,32,35,41,43,46H,5,11,16,20-21H2,1-4H3/b23-17+/t29-,30+,32-,35-/m1/s1. The van der Waals surface area contributed by atoms with Crippen LogP contribution in [0, 0.1) is 27.2 Å². The van der Waals surface area contributed by atoms with Crippen molar-refractivity contribution < 1.29 is 29.1 Å². The van der Waals surface area contributed by atoms with Gasteiger partial charge in [-0.3, -0.25) is 14.5 Å². The van der Waals surface area contributed by atoms with Crippen molar-refractivity contribution in [2.45, 2.75) is 58.9 Å². The predicted octanol–water partition coefficient (Wildman–Crippen LogP) is 7.98. The minimum Gasteiger partial charge on any atom is -0.504 e. The molecule has 2 amide bonds. The molecule has 0 unspecified atom stereocenters. The number of carbonyl (C=O) groups excluding carboxylic acids is 2. The van der Waals surface area contributed by atoms with Gasteiger partial charge in [0.2, 0.25) is 11.8 Å². The van der Waals surface area contributed by atoms with E-state index in [1.54, 1.807) is 7.11 Å². The Morgan fingerprint density at radius 1 is 1.08 bits per heavy atom. The molecule has 1 aliphatic carbocycles. The van der Waals surface area contributed by atoms with Gasteiger partial charge in [0.05, 0.1) is 34.3 Å². The number of allylic oxidation sites excluding steroid dienone is 2. The molecule has 4 atom stereocenters. The molecule has 0 bridgehead atoms. The van der Waals surface area contributed by atoms with Crippen molar-refractivity contribution in [3.63, 3.8) is 0 Å². The number of aromatic hydroxyl groups is 1. The molecule has 3 aromatic carbocycles. The second-order valence-corrected chi connectivity index (χ2v) is 14.4. The third-order valence-electron chi connectivity index (χ3n) is 9.95. The Hall–Kier alpha value is -3.61. The van der Waals surface area contributed by atoms with Crippen LogP contribution in [0.5, 0.6) is 11.5 Å². The monoisotopic (exact) mass is 760 g/mol. The lowest BCUT2D eigenvalue weighted by Crippen LogP contribution is -2.46. The molecule has 3 aliphatic rings. The molecule has 0 radical (unpaired) electrons. The van der Waals surface area contributed by atoms with Crippen LogP contribution in [-0.4, -0.2) is 42.3 Å². The second-order valence-electron chi connectivity index (χ2n) is 13.2. The van der Waals surface area contributed by atoms with Crippen LogP contribution in [0.25, 0.3) is 6.08 Å². The summed E-state index contributed by atoms with van der Waals surface area (Å²) >= 11 is 2.10. The summed E-state index contributed by atoms with van der Waals surface area (Å²) < 4.78 is 12.3. The number of amides is 2. The van der Waals surface area contributed by atoms with Crippen LogP contribution in [0.15, 0.2) is 83.4 Å². The number of fused-ring (bicyclic) bond motifs is 3. The largest absolute Gasteiger partial charge is 0.504 e. The van der Waals surface area contributed by atoms with Gasteiger partial charge in [-0.25, -0.2) is 0 Å². The quantitative estimate of drug-likeness (QED) is 0.0833. The molecule has 2 aliphatic heterocycles. The molecule has 0 spiro atoms. The summed E-state index contributed by atoms with van der Waals surface area (Å²) in [5.74, 6) is -0.914. The lowest BCUT2D eigenvalue weighted by atomic mass is 9.57. The molecule has 2 heterocycles. The van der Waals surface area contributed by atoms with Gasteiger partial charge < -0.3 is 24.8 Å². The molecule has 6 rings (SSSR count). The Bertz CT molecular complexity index is 1740. The summed E-state index contributed by atoms with van der Waals surface area (Å²) in [6.45, 7) is 6.38. The SMILES string of the molecule is CC/C(=C\c1cc(I)c(O)c(OC)c1)CC[C@H]1OB(O)C[C@H]2C1=C(C(C)C)C[C@H]1C(=O)N(c3ccc(Nc4ccccc4)cc3)C(=O)[C@H]12. The molecule has 8 nitrogen and oxygen atoms in total. The number of anilines is 3. The van der Waals surface area contributed by atoms with E-state index in [0.717, 1.165) is 35.4 Å². The van der Waals surface area contributed by atoms with E-state index >= 15 is 0 Å². The maximum Gasteiger partial charge on any atom is 0.455 e.